The molecular weight excluding hydrogens is 181 g/mol. The summed E-state index contributed by atoms with van der Waals surface area (Å²) in [5.74, 6) is -0.961. The van der Waals surface area contributed by atoms with Crippen LogP contribution in [0.15, 0.2) is 12.1 Å². The third-order valence-electron chi connectivity index (χ3n) is 1.45. The Kier molecular flexibility index (Phi) is 2.85. The summed E-state index contributed by atoms with van der Waals surface area (Å²) < 4.78 is 36.8. The molecule has 68 valence electrons. The second kappa shape index (κ2) is 3.90. The minimum absolute atomic E-state index is 0.0684. The highest BCUT2D eigenvalue weighted by Gasteiger charge is 2.15. The van der Waals surface area contributed by atoms with Crippen molar-refractivity contribution in [2.24, 2.45) is 0 Å². The maximum atomic E-state index is 12.4. The van der Waals surface area contributed by atoms with Gasteiger partial charge in [0.05, 0.1) is 12.5 Å². The van der Waals surface area contributed by atoms with Crippen molar-refractivity contribution in [3.05, 3.63) is 29.3 Å². The van der Waals surface area contributed by atoms with Crippen LogP contribution in [-0.2, 0) is 6.42 Å². The Morgan fingerprint density at radius 1 is 1.46 bits per heavy atom. The summed E-state index contributed by atoms with van der Waals surface area (Å²) in [6, 6.07) is 3.81. The summed E-state index contributed by atoms with van der Waals surface area (Å²) in [4.78, 5) is 3.02. The summed E-state index contributed by atoms with van der Waals surface area (Å²) in [5.41, 5.74) is -0.583. The summed E-state index contributed by atoms with van der Waals surface area (Å²) in [6.45, 7) is 0. The number of halogens is 3. The first-order valence-corrected chi connectivity index (χ1v) is 3.45. The predicted molar refractivity (Wildman–Crippen MR) is 38.5 cm³/mol. The van der Waals surface area contributed by atoms with Crippen molar-refractivity contribution in [1.82, 2.24) is 4.98 Å². The van der Waals surface area contributed by atoms with E-state index in [9.17, 15) is 13.2 Å². The van der Waals surface area contributed by atoms with Crippen molar-refractivity contribution in [2.45, 2.75) is 12.8 Å². The van der Waals surface area contributed by atoms with E-state index in [4.69, 9.17) is 5.26 Å². The predicted octanol–water partition coefficient (Wildman–Crippen LogP) is 2.22. The standard InChI is InChI=1S/C8H5F3N2/c9-6-2-1-5(3-4-12)7(13-6)8(10)11/h1-2,8H,3H2. The van der Waals surface area contributed by atoms with Gasteiger partial charge in [-0.15, -0.1) is 0 Å². The molecule has 0 unspecified atom stereocenters. The number of pyridine rings is 1. The quantitative estimate of drug-likeness (QED) is 0.664. The number of nitriles is 1. The zero-order valence-electron chi connectivity index (χ0n) is 6.47. The molecule has 0 aromatic carbocycles. The van der Waals surface area contributed by atoms with Gasteiger partial charge in [0.2, 0.25) is 5.95 Å². The van der Waals surface area contributed by atoms with Gasteiger partial charge in [0.25, 0.3) is 6.43 Å². The molecular formula is C8H5F3N2. The van der Waals surface area contributed by atoms with Crippen LogP contribution in [0, 0.1) is 17.3 Å². The molecule has 5 heteroatoms. The van der Waals surface area contributed by atoms with E-state index in [1.54, 1.807) is 6.07 Å². The van der Waals surface area contributed by atoms with Crippen LogP contribution >= 0.6 is 0 Å². The van der Waals surface area contributed by atoms with Crippen LogP contribution in [0.4, 0.5) is 13.2 Å². The van der Waals surface area contributed by atoms with E-state index < -0.39 is 18.1 Å². The van der Waals surface area contributed by atoms with E-state index >= 15 is 0 Å². The van der Waals surface area contributed by atoms with Gasteiger partial charge in [-0.25, -0.2) is 13.8 Å². The summed E-state index contributed by atoms with van der Waals surface area (Å²) >= 11 is 0. The van der Waals surface area contributed by atoms with Crippen molar-refractivity contribution in [2.75, 3.05) is 0 Å². The third kappa shape index (κ3) is 2.18. The summed E-state index contributed by atoms with van der Waals surface area (Å²) in [5, 5.41) is 8.28. The smallest absolute Gasteiger partial charge is 0.218 e. The van der Waals surface area contributed by atoms with Crippen molar-refractivity contribution >= 4 is 0 Å². The molecule has 0 N–H and O–H groups in total. The molecule has 0 aliphatic heterocycles. The van der Waals surface area contributed by atoms with E-state index in [0.717, 1.165) is 12.1 Å². The molecule has 1 heterocycles. The zero-order valence-corrected chi connectivity index (χ0v) is 6.47. The van der Waals surface area contributed by atoms with Gasteiger partial charge in [0, 0.05) is 0 Å². The fraction of sp³-hybridized carbons (Fsp3) is 0.250. The Morgan fingerprint density at radius 2 is 2.15 bits per heavy atom. The van der Waals surface area contributed by atoms with Crippen LogP contribution in [0.2, 0.25) is 0 Å². The summed E-state index contributed by atoms with van der Waals surface area (Å²) in [7, 11) is 0. The Bertz CT molecular complexity index is 344. The second-order valence-electron chi connectivity index (χ2n) is 2.31. The molecule has 0 aliphatic carbocycles. The lowest BCUT2D eigenvalue weighted by Gasteiger charge is -2.03. The molecule has 13 heavy (non-hydrogen) atoms. The van der Waals surface area contributed by atoms with Gasteiger partial charge in [0.1, 0.15) is 5.69 Å². The maximum Gasteiger partial charge on any atom is 0.280 e. The number of nitrogens with zero attached hydrogens (tertiary/aromatic N) is 2. The fourth-order valence-electron chi connectivity index (χ4n) is 0.902. The Morgan fingerprint density at radius 3 is 2.69 bits per heavy atom. The molecule has 0 spiro atoms. The summed E-state index contributed by atoms with van der Waals surface area (Å²) in [6.07, 6.45) is -3.04. The lowest BCUT2D eigenvalue weighted by atomic mass is 10.1. The van der Waals surface area contributed by atoms with Crippen LogP contribution < -0.4 is 0 Å². The van der Waals surface area contributed by atoms with E-state index in [2.05, 4.69) is 4.98 Å². The van der Waals surface area contributed by atoms with Crippen molar-refractivity contribution in [1.29, 1.82) is 5.26 Å². The van der Waals surface area contributed by atoms with Crippen LogP contribution in [0.3, 0.4) is 0 Å². The Labute approximate surface area is 72.6 Å². The number of hydrogen-bond acceptors (Lipinski definition) is 2. The molecule has 0 atom stereocenters. The average molecular weight is 186 g/mol. The van der Waals surface area contributed by atoms with Gasteiger partial charge < -0.3 is 0 Å². The largest absolute Gasteiger partial charge is 0.280 e. The first-order chi connectivity index (χ1) is 6.15. The van der Waals surface area contributed by atoms with Crippen molar-refractivity contribution in [3.8, 4) is 6.07 Å². The van der Waals surface area contributed by atoms with Gasteiger partial charge in [-0.1, -0.05) is 6.07 Å². The Balaban J connectivity index is 3.12. The van der Waals surface area contributed by atoms with Crippen LogP contribution in [0.5, 0.6) is 0 Å². The highest BCUT2D eigenvalue weighted by Crippen LogP contribution is 2.21. The SMILES string of the molecule is N#CCc1ccc(F)nc1C(F)F. The van der Waals surface area contributed by atoms with Gasteiger partial charge in [-0.05, 0) is 11.6 Å². The second-order valence-corrected chi connectivity index (χ2v) is 2.31. The third-order valence-corrected chi connectivity index (χ3v) is 1.45. The zero-order chi connectivity index (χ0) is 9.84. The molecule has 0 fully saturated rings. The molecule has 0 bridgehead atoms. The number of hydrogen-bond donors (Lipinski definition) is 0. The number of alkyl halides is 2. The maximum absolute atomic E-state index is 12.4. The molecule has 0 saturated carbocycles. The number of rotatable bonds is 2. The Hall–Kier alpha value is -1.57. The molecule has 0 amide bonds. The first kappa shape index (κ1) is 9.52. The van der Waals surface area contributed by atoms with Gasteiger partial charge in [-0.2, -0.15) is 9.65 Å². The minimum Gasteiger partial charge on any atom is -0.218 e. The lowest BCUT2D eigenvalue weighted by molar-refractivity contribution is 0.143. The molecule has 0 aliphatic rings. The minimum atomic E-state index is -2.85. The van der Waals surface area contributed by atoms with Crippen LogP contribution in [-0.4, -0.2) is 4.98 Å². The van der Waals surface area contributed by atoms with Gasteiger partial charge in [0.15, 0.2) is 0 Å². The van der Waals surface area contributed by atoms with Crippen LogP contribution in [0.25, 0.3) is 0 Å². The average Bonchev–Trinajstić information content (AvgIpc) is 2.08. The van der Waals surface area contributed by atoms with Gasteiger partial charge >= 0.3 is 0 Å². The fourth-order valence-corrected chi connectivity index (χ4v) is 0.902. The van der Waals surface area contributed by atoms with E-state index in [1.807, 2.05) is 0 Å². The lowest BCUT2D eigenvalue weighted by Crippen LogP contribution is -1.99. The van der Waals surface area contributed by atoms with Crippen molar-refractivity contribution < 1.29 is 13.2 Å². The van der Waals surface area contributed by atoms with Gasteiger partial charge in [-0.3, -0.25) is 0 Å². The molecule has 1 rings (SSSR count). The van der Waals surface area contributed by atoms with Crippen molar-refractivity contribution in [3.63, 3.8) is 0 Å². The molecule has 0 saturated heterocycles. The molecule has 1 aromatic rings. The monoisotopic (exact) mass is 186 g/mol. The van der Waals surface area contributed by atoms with Crippen LogP contribution in [0.1, 0.15) is 17.7 Å². The first-order valence-electron chi connectivity index (χ1n) is 3.45. The number of aromatic nitrogens is 1. The molecule has 1 aromatic heterocycles. The highest BCUT2D eigenvalue weighted by atomic mass is 19.3. The topological polar surface area (TPSA) is 36.7 Å². The van der Waals surface area contributed by atoms with E-state index in [1.165, 1.54) is 0 Å². The highest BCUT2D eigenvalue weighted by molar-refractivity contribution is 5.24. The molecule has 0 radical (unpaired) electrons. The normalized spacial score (nSPS) is 10.1. The molecule has 2 nitrogen and oxygen atoms in total. The van der Waals surface area contributed by atoms with E-state index in [-0.39, 0.29) is 12.0 Å². The van der Waals surface area contributed by atoms with E-state index in [0.29, 0.717) is 0 Å².